The average molecular weight is 307 g/mol. The molecule has 1 aliphatic rings. The van der Waals surface area contributed by atoms with E-state index in [9.17, 15) is 9.18 Å². The van der Waals surface area contributed by atoms with Crippen LogP contribution in [-0.4, -0.2) is 29.6 Å². The smallest absolute Gasteiger partial charge is 0.330 e. The summed E-state index contributed by atoms with van der Waals surface area (Å²) in [6.07, 6.45) is 7.76. The second-order valence-electron chi connectivity index (χ2n) is 5.43. The van der Waals surface area contributed by atoms with E-state index in [1.165, 1.54) is 18.2 Å². The highest BCUT2D eigenvalue weighted by molar-refractivity contribution is 5.87. The van der Waals surface area contributed by atoms with Gasteiger partial charge >= 0.3 is 5.97 Å². The van der Waals surface area contributed by atoms with E-state index in [0.717, 1.165) is 31.9 Å². The molecule has 0 saturated heterocycles. The number of nitrogens with two attached hydrogens (primary N) is 1. The molecule has 1 fully saturated rings. The summed E-state index contributed by atoms with van der Waals surface area (Å²) < 4.78 is 18.3. The van der Waals surface area contributed by atoms with Crippen LogP contribution in [0.3, 0.4) is 0 Å². The number of esters is 1. The molecule has 1 aromatic heterocycles. The molecule has 0 unspecified atom stereocenters. The summed E-state index contributed by atoms with van der Waals surface area (Å²) in [5, 5.41) is 3.31. The third kappa shape index (κ3) is 4.80. The summed E-state index contributed by atoms with van der Waals surface area (Å²) in [5.41, 5.74) is 6.99. The van der Waals surface area contributed by atoms with E-state index in [2.05, 4.69) is 10.3 Å². The SMILES string of the molecule is CCOC(=O)/C=C/c1ncc(F)cc1NC1CCC(N)CC1. The summed E-state index contributed by atoms with van der Waals surface area (Å²) >= 11 is 0. The summed E-state index contributed by atoms with van der Waals surface area (Å²) in [6.45, 7) is 2.05. The second-order valence-corrected chi connectivity index (χ2v) is 5.43. The number of hydrogen-bond donors (Lipinski definition) is 2. The topological polar surface area (TPSA) is 77.2 Å². The Morgan fingerprint density at radius 1 is 1.50 bits per heavy atom. The van der Waals surface area contributed by atoms with Gasteiger partial charge in [-0.15, -0.1) is 0 Å². The Bertz CT molecular complexity index is 540. The molecule has 2 rings (SSSR count). The Morgan fingerprint density at radius 3 is 2.91 bits per heavy atom. The molecule has 120 valence electrons. The molecule has 0 spiro atoms. The number of rotatable bonds is 5. The zero-order valence-corrected chi connectivity index (χ0v) is 12.7. The molecule has 1 heterocycles. The van der Waals surface area contributed by atoms with Gasteiger partial charge in [-0.05, 0) is 38.7 Å². The van der Waals surface area contributed by atoms with Crippen molar-refractivity contribution in [3.05, 3.63) is 29.9 Å². The molecule has 0 bridgehead atoms. The van der Waals surface area contributed by atoms with E-state index in [1.807, 2.05) is 0 Å². The van der Waals surface area contributed by atoms with Crippen LogP contribution in [0, 0.1) is 5.82 Å². The quantitative estimate of drug-likeness (QED) is 0.645. The van der Waals surface area contributed by atoms with Crippen molar-refractivity contribution < 1.29 is 13.9 Å². The summed E-state index contributed by atoms with van der Waals surface area (Å²) in [7, 11) is 0. The van der Waals surface area contributed by atoms with E-state index < -0.39 is 11.8 Å². The molecule has 0 aromatic carbocycles. The van der Waals surface area contributed by atoms with Gasteiger partial charge in [0.1, 0.15) is 5.82 Å². The van der Waals surface area contributed by atoms with E-state index in [-0.39, 0.29) is 12.1 Å². The molecule has 3 N–H and O–H groups in total. The van der Waals surface area contributed by atoms with Crippen molar-refractivity contribution in [1.82, 2.24) is 4.98 Å². The molecule has 0 amide bonds. The Hall–Kier alpha value is -1.95. The molecular weight excluding hydrogens is 285 g/mol. The van der Waals surface area contributed by atoms with Crippen molar-refractivity contribution in [1.29, 1.82) is 0 Å². The van der Waals surface area contributed by atoms with Crippen molar-refractivity contribution in [2.45, 2.75) is 44.7 Å². The Balaban J connectivity index is 2.08. The van der Waals surface area contributed by atoms with Crippen LogP contribution in [0.1, 0.15) is 38.3 Å². The standard InChI is InChI=1S/C16H22FN3O2/c1-2-22-16(21)8-7-14-15(9-11(17)10-19-14)20-13-5-3-12(18)4-6-13/h7-10,12-13,20H,2-6,18H2,1H3/b8-7+. The van der Waals surface area contributed by atoms with Crippen molar-refractivity contribution in [3.63, 3.8) is 0 Å². The maximum absolute atomic E-state index is 13.4. The first kappa shape index (κ1) is 16.4. The first-order valence-corrected chi connectivity index (χ1v) is 7.61. The number of carbonyl (C=O) groups excluding carboxylic acids is 1. The zero-order valence-electron chi connectivity index (χ0n) is 12.7. The maximum atomic E-state index is 13.4. The monoisotopic (exact) mass is 307 g/mol. The number of carbonyl (C=O) groups is 1. The van der Waals surface area contributed by atoms with Crippen LogP contribution < -0.4 is 11.1 Å². The average Bonchev–Trinajstić information content (AvgIpc) is 2.49. The van der Waals surface area contributed by atoms with Crippen molar-refractivity contribution in [2.75, 3.05) is 11.9 Å². The van der Waals surface area contributed by atoms with Gasteiger partial charge in [0.15, 0.2) is 0 Å². The first-order valence-electron chi connectivity index (χ1n) is 7.61. The van der Waals surface area contributed by atoms with Crippen molar-refractivity contribution in [2.24, 2.45) is 5.73 Å². The molecule has 1 aromatic rings. The number of anilines is 1. The fourth-order valence-corrected chi connectivity index (χ4v) is 2.52. The number of halogens is 1. The second kappa shape index (κ2) is 7.89. The van der Waals surface area contributed by atoms with Crippen molar-refractivity contribution in [3.8, 4) is 0 Å². The van der Waals surface area contributed by atoms with E-state index in [4.69, 9.17) is 10.5 Å². The zero-order chi connectivity index (χ0) is 15.9. The molecule has 5 nitrogen and oxygen atoms in total. The fraction of sp³-hybridized carbons (Fsp3) is 0.500. The lowest BCUT2D eigenvalue weighted by Gasteiger charge is -2.28. The molecular formula is C16H22FN3O2. The number of pyridine rings is 1. The van der Waals surface area contributed by atoms with Gasteiger partial charge in [-0.3, -0.25) is 4.98 Å². The highest BCUT2D eigenvalue weighted by Gasteiger charge is 2.19. The molecule has 1 saturated carbocycles. The Morgan fingerprint density at radius 2 is 2.23 bits per heavy atom. The predicted octanol–water partition coefficient (Wildman–Crippen LogP) is 2.48. The lowest BCUT2D eigenvalue weighted by molar-refractivity contribution is -0.137. The molecule has 1 aliphatic carbocycles. The van der Waals surface area contributed by atoms with Crippen LogP contribution in [0.4, 0.5) is 10.1 Å². The van der Waals surface area contributed by atoms with Gasteiger partial charge in [0.2, 0.25) is 0 Å². The van der Waals surface area contributed by atoms with E-state index in [1.54, 1.807) is 6.92 Å². The van der Waals surface area contributed by atoms with Gasteiger partial charge in [-0.2, -0.15) is 0 Å². The number of nitrogens with zero attached hydrogens (tertiary/aromatic N) is 1. The van der Waals surface area contributed by atoms with Crippen LogP contribution in [0.2, 0.25) is 0 Å². The van der Waals surface area contributed by atoms with Gasteiger partial charge in [-0.25, -0.2) is 9.18 Å². The number of hydrogen-bond acceptors (Lipinski definition) is 5. The van der Waals surface area contributed by atoms with E-state index in [0.29, 0.717) is 18.0 Å². The Kier molecular flexibility index (Phi) is 5.89. The molecule has 0 aliphatic heterocycles. The van der Waals surface area contributed by atoms with Crippen molar-refractivity contribution >= 4 is 17.7 Å². The molecule has 22 heavy (non-hydrogen) atoms. The number of nitrogens with one attached hydrogen (secondary N) is 1. The normalized spacial score (nSPS) is 21.8. The van der Waals surface area contributed by atoms with Gasteiger partial charge < -0.3 is 15.8 Å². The third-order valence-electron chi connectivity index (χ3n) is 3.68. The summed E-state index contributed by atoms with van der Waals surface area (Å²) in [6, 6.07) is 1.90. The first-order chi connectivity index (χ1) is 10.6. The largest absolute Gasteiger partial charge is 0.463 e. The van der Waals surface area contributed by atoms with Crippen LogP contribution in [0.25, 0.3) is 6.08 Å². The minimum absolute atomic E-state index is 0.248. The Labute approximate surface area is 129 Å². The molecule has 0 atom stereocenters. The van der Waals surface area contributed by atoms with Gasteiger partial charge in [0.05, 0.1) is 24.2 Å². The van der Waals surface area contributed by atoms with Crippen LogP contribution >= 0.6 is 0 Å². The lowest BCUT2D eigenvalue weighted by Crippen LogP contribution is -2.33. The summed E-state index contributed by atoms with van der Waals surface area (Å²) in [4.78, 5) is 15.4. The van der Waals surface area contributed by atoms with Crippen LogP contribution in [0.15, 0.2) is 18.3 Å². The molecule has 6 heteroatoms. The van der Waals surface area contributed by atoms with Crippen LogP contribution in [0.5, 0.6) is 0 Å². The highest BCUT2D eigenvalue weighted by Crippen LogP contribution is 2.24. The summed E-state index contributed by atoms with van der Waals surface area (Å²) in [5.74, 6) is -0.855. The maximum Gasteiger partial charge on any atom is 0.330 e. The van der Waals surface area contributed by atoms with Crippen LogP contribution in [-0.2, 0) is 9.53 Å². The molecule has 0 radical (unpaired) electrons. The number of ether oxygens (including phenoxy) is 1. The minimum atomic E-state index is -0.441. The lowest BCUT2D eigenvalue weighted by atomic mass is 9.91. The highest BCUT2D eigenvalue weighted by atomic mass is 19.1. The van der Waals surface area contributed by atoms with E-state index >= 15 is 0 Å². The van der Waals surface area contributed by atoms with Gasteiger partial charge in [-0.1, -0.05) is 0 Å². The fourth-order valence-electron chi connectivity index (χ4n) is 2.52. The van der Waals surface area contributed by atoms with Gasteiger partial charge in [0, 0.05) is 24.2 Å². The van der Waals surface area contributed by atoms with Gasteiger partial charge in [0.25, 0.3) is 0 Å². The minimum Gasteiger partial charge on any atom is -0.463 e. The number of aromatic nitrogens is 1. The predicted molar refractivity (Wildman–Crippen MR) is 83.7 cm³/mol. The third-order valence-corrected chi connectivity index (χ3v) is 3.68.